The summed E-state index contributed by atoms with van der Waals surface area (Å²) in [5.41, 5.74) is 11.9. The third-order valence-electron chi connectivity index (χ3n) is 5.74. The normalized spacial score (nSPS) is 19.1. The predicted octanol–water partition coefficient (Wildman–Crippen LogP) is 6.89. The Morgan fingerprint density at radius 3 is 2.56 bits per heavy atom. The lowest BCUT2D eigenvalue weighted by atomic mass is 9.90. The molecule has 0 radical (unpaired) electrons. The van der Waals surface area contributed by atoms with Crippen LogP contribution in [0.4, 0.5) is 0 Å². The lowest BCUT2D eigenvalue weighted by Crippen LogP contribution is -1.97. The van der Waals surface area contributed by atoms with Gasteiger partial charge in [0.05, 0.1) is 0 Å². The Hall–Kier alpha value is -3.12. The van der Waals surface area contributed by atoms with Crippen LogP contribution in [-0.4, -0.2) is 0 Å². The molecule has 3 aromatic rings. The molecule has 0 aliphatic heterocycles. The molecule has 0 bridgehead atoms. The van der Waals surface area contributed by atoms with E-state index in [1.54, 1.807) is 0 Å². The molecule has 1 unspecified atom stereocenters. The van der Waals surface area contributed by atoms with Crippen molar-refractivity contribution in [1.82, 2.24) is 0 Å². The summed E-state index contributed by atoms with van der Waals surface area (Å²) in [7, 11) is 0. The van der Waals surface area contributed by atoms with E-state index in [1.807, 2.05) is 0 Å². The van der Waals surface area contributed by atoms with E-state index in [4.69, 9.17) is 0 Å². The molecule has 0 N–H and O–H groups in total. The van der Waals surface area contributed by atoms with E-state index in [1.165, 1.54) is 50.1 Å². The first kappa shape index (κ1) is 16.1. The zero-order valence-electron chi connectivity index (χ0n) is 15.6. The van der Waals surface area contributed by atoms with Crippen molar-refractivity contribution in [3.05, 3.63) is 124 Å². The Bertz CT molecular complexity index is 1110. The van der Waals surface area contributed by atoms with Gasteiger partial charge in [0.25, 0.3) is 0 Å². The van der Waals surface area contributed by atoms with Gasteiger partial charge in [-0.3, -0.25) is 0 Å². The van der Waals surface area contributed by atoms with E-state index in [0.29, 0.717) is 0 Å². The van der Waals surface area contributed by atoms with Crippen LogP contribution in [0, 0.1) is 0 Å². The Kier molecular flexibility index (Phi) is 3.72. The number of hydrogen-bond acceptors (Lipinski definition) is 0. The molecule has 0 heterocycles. The summed E-state index contributed by atoms with van der Waals surface area (Å²) in [6, 6.07) is 26.3. The van der Waals surface area contributed by atoms with Crippen molar-refractivity contribution in [2.45, 2.75) is 19.3 Å². The average Bonchev–Trinajstić information content (AvgIpc) is 3.19. The molecule has 1 atom stereocenters. The number of benzene rings is 3. The van der Waals surface area contributed by atoms with Crippen LogP contribution in [0.5, 0.6) is 0 Å². The van der Waals surface area contributed by atoms with Gasteiger partial charge in [-0.15, -0.1) is 0 Å². The fourth-order valence-corrected chi connectivity index (χ4v) is 4.49. The minimum absolute atomic E-state index is 0.241. The topological polar surface area (TPSA) is 0 Å². The first-order valence-electron chi connectivity index (χ1n) is 9.56. The number of allylic oxidation sites excluding steroid dienone is 3. The maximum absolute atomic E-state index is 4.51. The molecule has 0 saturated carbocycles. The molecule has 0 heteroatoms. The highest BCUT2D eigenvalue weighted by Gasteiger charge is 2.30. The highest BCUT2D eigenvalue weighted by Crippen LogP contribution is 2.48. The van der Waals surface area contributed by atoms with Gasteiger partial charge in [0.1, 0.15) is 0 Å². The molecule has 5 rings (SSSR count). The van der Waals surface area contributed by atoms with E-state index < -0.39 is 0 Å². The van der Waals surface area contributed by atoms with Crippen molar-refractivity contribution in [2.24, 2.45) is 0 Å². The maximum Gasteiger partial charge on any atom is 0.0346 e. The minimum Gasteiger partial charge on any atom is -0.0942 e. The summed E-state index contributed by atoms with van der Waals surface area (Å²) in [4.78, 5) is 0. The fraction of sp³-hybridized carbons (Fsp3) is 0.111. The van der Waals surface area contributed by atoms with Crippen molar-refractivity contribution in [1.29, 1.82) is 0 Å². The van der Waals surface area contributed by atoms with E-state index in [2.05, 4.69) is 98.5 Å². The summed E-state index contributed by atoms with van der Waals surface area (Å²) in [6.07, 6.45) is 5.70. The smallest absolute Gasteiger partial charge is 0.0346 e. The van der Waals surface area contributed by atoms with E-state index in [-0.39, 0.29) is 5.92 Å². The standard InChI is InChI=1S/C27H22/c1-18-14-22-13-12-20(16-23(22)15-18)17-26-19(2)27(21-8-4-3-5-9-21)25-11-7-6-10-24(25)26/h3-13,15-17,27H,2,14H2,1H3. The fourth-order valence-electron chi connectivity index (χ4n) is 4.49. The largest absolute Gasteiger partial charge is 0.0942 e. The van der Waals surface area contributed by atoms with Crippen molar-refractivity contribution < 1.29 is 0 Å². The van der Waals surface area contributed by atoms with Gasteiger partial charge in [0.15, 0.2) is 0 Å². The van der Waals surface area contributed by atoms with E-state index in [9.17, 15) is 0 Å². The first-order chi connectivity index (χ1) is 13.2. The molecule has 130 valence electrons. The van der Waals surface area contributed by atoms with Gasteiger partial charge < -0.3 is 0 Å². The molecule has 0 spiro atoms. The summed E-state index contributed by atoms with van der Waals surface area (Å²) in [5.74, 6) is 0.241. The summed E-state index contributed by atoms with van der Waals surface area (Å²) < 4.78 is 0. The second-order valence-corrected chi connectivity index (χ2v) is 7.64. The van der Waals surface area contributed by atoms with Crippen molar-refractivity contribution in [3.8, 4) is 0 Å². The third-order valence-corrected chi connectivity index (χ3v) is 5.74. The Balaban J connectivity index is 1.62. The molecule has 3 aromatic carbocycles. The number of hydrogen-bond donors (Lipinski definition) is 0. The zero-order valence-corrected chi connectivity index (χ0v) is 15.6. The molecule has 27 heavy (non-hydrogen) atoms. The second-order valence-electron chi connectivity index (χ2n) is 7.64. The monoisotopic (exact) mass is 346 g/mol. The van der Waals surface area contributed by atoms with Crippen LogP contribution in [0.3, 0.4) is 0 Å². The molecular weight excluding hydrogens is 324 g/mol. The molecule has 0 fully saturated rings. The first-order valence-corrected chi connectivity index (χ1v) is 9.56. The SMILES string of the molecule is C=C1C(=Cc2ccc3c(c2)C=C(C)C3)c2ccccc2C1c1ccccc1. The molecule has 0 amide bonds. The Labute approximate surface area is 161 Å². The van der Waals surface area contributed by atoms with Crippen LogP contribution in [-0.2, 0) is 6.42 Å². The predicted molar refractivity (Wildman–Crippen MR) is 116 cm³/mol. The van der Waals surface area contributed by atoms with Crippen LogP contribution in [0.2, 0.25) is 0 Å². The number of fused-ring (bicyclic) bond motifs is 2. The molecule has 2 aliphatic rings. The Morgan fingerprint density at radius 2 is 1.70 bits per heavy atom. The van der Waals surface area contributed by atoms with Gasteiger partial charge in [0, 0.05) is 5.92 Å². The van der Waals surface area contributed by atoms with Gasteiger partial charge in [-0.25, -0.2) is 0 Å². The Morgan fingerprint density at radius 1 is 0.926 bits per heavy atom. The maximum atomic E-state index is 4.51. The summed E-state index contributed by atoms with van der Waals surface area (Å²) in [5, 5.41) is 0. The van der Waals surface area contributed by atoms with Crippen LogP contribution < -0.4 is 0 Å². The van der Waals surface area contributed by atoms with Crippen molar-refractivity contribution in [2.75, 3.05) is 0 Å². The highest BCUT2D eigenvalue weighted by molar-refractivity contribution is 5.97. The average molecular weight is 346 g/mol. The van der Waals surface area contributed by atoms with E-state index >= 15 is 0 Å². The van der Waals surface area contributed by atoms with Crippen LogP contribution in [0.25, 0.3) is 17.7 Å². The van der Waals surface area contributed by atoms with Crippen LogP contribution in [0.15, 0.2) is 90.5 Å². The minimum atomic E-state index is 0.241. The highest BCUT2D eigenvalue weighted by atomic mass is 14.3. The summed E-state index contributed by atoms with van der Waals surface area (Å²) in [6.45, 7) is 6.71. The molecule has 2 aliphatic carbocycles. The van der Waals surface area contributed by atoms with Crippen molar-refractivity contribution >= 4 is 17.7 Å². The van der Waals surface area contributed by atoms with Crippen LogP contribution >= 0.6 is 0 Å². The molecule has 0 saturated heterocycles. The van der Waals surface area contributed by atoms with Gasteiger partial charge in [-0.1, -0.05) is 85.0 Å². The second kappa shape index (κ2) is 6.25. The lowest BCUT2D eigenvalue weighted by molar-refractivity contribution is 1.02. The zero-order chi connectivity index (χ0) is 18.4. The molecule has 0 nitrogen and oxygen atoms in total. The van der Waals surface area contributed by atoms with Crippen molar-refractivity contribution in [3.63, 3.8) is 0 Å². The quantitative estimate of drug-likeness (QED) is 0.474. The van der Waals surface area contributed by atoms with Gasteiger partial charge in [-0.2, -0.15) is 0 Å². The molecule has 0 aromatic heterocycles. The van der Waals surface area contributed by atoms with E-state index in [0.717, 1.165) is 6.42 Å². The lowest BCUT2D eigenvalue weighted by Gasteiger charge is -2.13. The number of rotatable bonds is 2. The third kappa shape index (κ3) is 2.69. The summed E-state index contributed by atoms with van der Waals surface area (Å²) >= 11 is 0. The van der Waals surface area contributed by atoms with Crippen LogP contribution in [0.1, 0.15) is 46.2 Å². The van der Waals surface area contributed by atoms with Gasteiger partial charge >= 0.3 is 0 Å². The molecular formula is C27H22. The van der Waals surface area contributed by atoms with Gasteiger partial charge in [-0.05, 0) is 70.0 Å². The van der Waals surface area contributed by atoms with Gasteiger partial charge in [0.2, 0.25) is 0 Å².